The van der Waals surface area contributed by atoms with Gasteiger partial charge in [0, 0.05) is 13.0 Å². The van der Waals surface area contributed by atoms with Crippen molar-refractivity contribution in [3.8, 4) is 0 Å². The number of aliphatic hydroxyl groups is 2. The fourth-order valence-electron chi connectivity index (χ4n) is 6.82. The summed E-state index contributed by atoms with van der Waals surface area (Å²) in [5.74, 6) is 0.278. The molecular formula is C44H90O4S. The number of ketones is 1. The fraction of sp³-hybridized carbons (Fsp3) is 0.977. The first-order chi connectivity index (χ1) is 23.9. The Labute approximate surface area is 312 Å². The van der Waals surface area contributed by atoms with Crippen LogP contribution in [0.5, 0.6) is 0 Å². The van der Waals surface area contributed by atoms with Crippen molar-refractivity contribution in [3.63, 3.8) is 0 Å². The Kier molecular flexibility index (Phi) is 45.9. The number of carbonyl (C=O) groups excluding carboxylic acids is 1. The van der Waals surface area contributed by atoms with Crippen molar-refractivity contribution in [2.24, 2.45) is 5.92 Å². The first kappa shape index (κ1) is 51.0. The number of hydrogen-bond donors (Lipinski definition) is 3. The molecule has 0 saturated carbocycles. The van der Waals surface area contributed by atoms with Gasteiger partial charge in [0.25, 0.3) is 0 Å². The third kappa shape index (κ3) is 42.2. The van der Waals surface area contributed by atoms with Crippen molar-refractivity contribution in [1.29, 1.82) is 0 Å². The average Bonchev–Trinajstić information content (AvgIpc) is 3.09. The van der Waals surface area contributed by atoms with E-state index < -0.39 is 6.10 Å². The van der Waals surface area contributed by atoms with Crippen molar-refractivity contribution in [2.45, 2.75) is 264 Å². The molecule has 0 amide bonds. The van der Waals surface area contributed by atoms with Crippen LogP contribution in [-0.4, -0.2) is 38.5 Å². The summed E-state index contributed by atoms with van der Waals surface area (Å²) in [4.78, 5) is 10.8. The topological polar surface area (TPSA) is 77.8 Å². The molecular weight excluding hydrogens is 625 g/mol. The zero-order valence-electron chi connectivity index (χ0n) is 33.8. The second kappa shape index (κ2) is 44.1. The van der Waals surface area contributed by atoms with E-state index in [1.165, 1.54) is 193 Å². The van der Waals surface area contributed by atoms with Gasteiger partial charge in [-0.05, 0) is 37.7 Å². The molecule has 0 fully saturated rings. The molecule has 0 saturated heterocycles. The van der Waals surface area contributed by atoms with E-state index in [4.69, 9.17) is 5.11 Å². The molecule has 3 atom stereocenters. The minimum atomic E-state index is -0.518. The molecule has 0 radical (unpaired) electrons. The van der Waals surface area contributed by atoms with Gasteiger partial charge in [-0.15, -0.1) is 0 Å². The molecule has 3 N–H and O–H groups in total. The number of Topliss-reactive ketones (excluding diaryl/α,β-unsaturated/α-hetero) is 1. The van der Waals surface area contributed by atoms with Crippen LogP contribution in [0.2, 0.25) is 0 Å². The van der Waals surface area contributed by atoms with Crippen LogP contribution in [-0.2, 0) is 4.79 Å². The Hall–Kier alpha value is -0.100. The van der Waals surface area contributed by atoms with Crippen molar-refractivity contribution < 1.29 is 19.6 Å². The van der Waals surface area contributed by atoms with Crippen LogP contribution in [0, 0.1) is 5.92 Å². The van der Waals surface area contributed by atoms with E-state index in [2.05, 4.69) is 13.8 Å². The zero-order valence-corrected chi connectivity index (χ0v) is 34.7. The van der Waals surface area contributed by atoms with Crippen LogP contribution in [0.3, 0.4) is 0 Å². The van der Waals surface area contributed by atoms with Gasteiger partial charge in [-0.25, -0.2) is 0 Å². The molecule has 0 rings (SSSR count). The largest absolute Gasteiger partial charge is 0.396 e. The molecule has 5 heteroatoms. The highest BCUT2D eigenvalue weighted by Gasteiger charge is 2.25. The lowest BCUT2D eigenvalue weighted by Gasteiger charge is -2.24. The lowest BCUT2D eigenvalue weighted by molar-refractivity contribution is -0.117. The standard InChI is InChI=1S/C25H50O.C19H40O3S/c1-3-4-5-6-7-8-9-10-11-12-13-14-15-16-17-18-19-20-21-22-23-24-25(2)26;1-3-4-5-6-7-8-9-10-11-12-13-14-15-18(21)19(23-22)17(2)16-20/h3-24H2,1-2H3;17-22H,3-16H2,1-2H3. The third-order valence-corrected chi connectivity index (χ3v) is 11.4. The highest BCUT2D eigenvalue weighted by molar-refractivity contribution is 7.94. The van der Waals surface area contributed by atoms with Crippen molar-refractivity contribution in [1.82, 2.24) is 0 Å². The first-order valence-corrected chi connectivity index (χ1v) is 22.9. The molecule has 0 aromatic rings. The van der Waals surface area contributed by atoms with Crippen LogP contribution in [0.4, 0.5) is 0 Å². The van der Waals surface area contributed by atoms with E-state index in [9.17, 15) is 14.5 Å². The summed E-state index contributed by atoms with van der Waals surface area (Å²) in [7, 11) is 0. The molecule has 3 unspecified atom stereocenters. The lowest BCUT2D eigenvalue weighted by Crippen LogP contribution is -2.31. The number of aliphatic hydroxyl groups excluding tert-OH is 2. The smallest absolute Gasteiger partial charge is 0.129 e. The lowest BCUT2D eigenvalue weighted by atomic mass is 9.98. The second-order valence-electron chi connectivity index (χ2n) is 15.5. The van der Waals surface area contributed by atoms with Crippen molar-refractivity contribution in [2.75, 3.05) is 6.61 Å². The summed E-state index contributed by atoms with van der Waals surface area (Å²) in [5, 5.41) is 18.9. The van der Waals surface area contributed by atoms with Gasteiger partial charge in [0.1, 0.15) is 5.78 Å². The normalized spacial score (nSPS) is 13.2. The molecule has 296 valence electrons. The molecule has 0 aliphatic carbocycles. The first-order valence-electron chi connectivity index (χ1n) is 22.0. The quantitative estimate of drug-likeness (QED) is 0.0436. The van der Waals surface area contributed by atoms with Gasteiger partial charge in [0.15, 0.2) is 0 Å². The van der Waals surface area contributed by atoms with E-state index >= 15 is 0 Å². The molecule has 0 aromatic heterocycles. The molecule has 0 bridgehead atoms. The van der Waals surface area contributed by atoms with E-state index in [0.717, 1.165) is 32.1 Å². The SMILES string of the molecule is CCCCCCCCCCCCCCC(O)C(SO)C(C)CO.CCCCCCCCCCCCCCCCCCCCCCCC(C)=O. The van der Waals surface area contributed by atoms with Gasteiger partial charge in [-0.1, -0.05) is 226 Å². The summed E-state index contributed by atoms with van der Waals surface area (Å²) < 4.78 is 9.23. The Morgan fingerprint density at radius 3 is 1.00 bits per heavy atom. The van der Waals surface area contributed by atoms with Crippen molar-refractivity contribution in [3.05, 3.63) is 0 Å². The van der Waals surface area contributed by atoms with E-state index in [1.807, 2.05) is 6.92 Å². The highest BCUT2D eigenvalue weighted by Crippen LogP contribution is 2.24. The van der Waals surface area contributed by atoms with Gasteiger partial charge >= 0.3 is 0 Å². The van der Waals surface area contributed by atoms with E-state index in [0.29, 0.717) is 17.8 Å². The summed E-state index contributed by atoms with van der Waals surface area (Å²) in [6, 6.07) is 0. The Balaban J connectivity index is 0. The van der Waals surface area contributed by atoms with Gasteiger partial charge in [-0.2, -0.15) is 0 Å². The third-order valence-electron chi connectivity index (χ3n) is 10.3. The fourth-order valence-corrected chi connectivity index (χ4v) is 7.39. The van der Waals surface area contributed by atoms with Crippen LogP contribution in [0.25, 0.3) is 0 Å². The minimum Gasteiger partial charge on any atom is -0.396 e. The second-order valence-corrected chi connectivity index (χ2v) is 16.3. The minimum absolute atomic E-state index is 0.00767. The van der Waals surface area contributed by atoms with Gasteiger partial charge in [-0.3, -0.25) is 0 Å². The summed E-state index contributed by atoms with van der Waals surface area (Å²) >= 11 is 0.685. The number of rotatable bonds is 39. The number of carbonyl (C=O) groups is 1. The average molecular weight is 715 g/mol. The van der Waals surface area contributed by atoms with Crippen LogP contribution < -0.4 is 0 Å². The van der Waals surface area contributed by atoms with Crippen LogP contribution >= 0.6 is 12.0 Å². The monoisotopic (exact) mass is 715 g/mol. The van der Waals surface area contributed by atoms with Crippen LogP contribution in [0.15, 0.2) is 0 Å². The molecule has 0 spiro atoms. The maximum Gasteiger partial charge on any atom is 0.129 e. The zero-order chi connectivity index (χ0) is 36.5. The maximum absolute atomic E-state index is 10.8. The van der Waals surface area contributed by atoms with Gasteiger partial charge in [0.05, 0.1) is 11.4 Å². The maximum atomic E-state index is 10.8. The van der Waals surface area contributed by atoms with Crippen molar-refractivity contribution >= 4 is 17.8 Å². The Bertz CT molecular complexity index is 616. The van der Waals surface area contributed by atoms with Gasteiger partial charge < -0.3 is 19.6 Å². The molecule has 4 nitrogen and oxygen atoms in total. The Morgan fingerprint density at radius 2 is 0.755 bits per heavy atom. The van der Waals surface area contributed by atoms with E-state index in [-0.39, 0.29) is 17.8 Å². The highest BCUT2D eigenvalue weighted by atomic mass is 32.2. The molecule has 0 aromatic carbocycles. The predicted octanol–water partition coefficient (Wildman–Crippen LogP) is 14.8. The summed E-state index contributed by atoms with van der Waals surface area (Å²) in [6.07, 6.45) is 46.4. The number of hydrogen-bond acceptors (Lipinski definition) is 5. The number of unbranched alkanes of at least 4 members (excludes halogenated alkanes) is 31. The van der Waals surface area contributed by atoms with E-state index in [1.54, 1.807) is 6.92 Å². The summed E-state index contributed by atoms with van der Waals surface area (Å²) in [6.45, 7) is 8.13. The summed E-state index contributed by atoms with van der Waals surface area (Å²) in [5.41, 5.74) is 0. The molecule has 0 heterocycles. The molecule has 0 aliphatic rings. The van der Waals surface area contributed by atoms with Crippen LogP contribution in [0.1, 0.15) is 252 Å². The molecule has 0 aliphatic heterocycles. The predicted molar refractivity (Wildman–Crippen MR) is 220 cm³/mol. The Morgan fingerprint density at radius 1 is 0.490 bits per heavy atom. The molecule has 49 heavy (non-hydrogen) atoms. The van der Waals surface area contributed by atoms with Gasteiger partial charge in [0.2, 0.25) is 0 Å².